The van der Waals surface area contributed by atoms with Crippen molar-refractivity contribution in [2.75, 3.05) is 7.11 Å². The molecule has 0 saturated carbocycles. The number of carbonyl (C=O) groups is 1. The minimum absolute atomic E-state index is 0.0223. The lowest BCUT2D eigenvalue weighted by Gasteiger charge is -2.32. The molecule has 152 valence electrons. The maximum atomic E-state index is 12.9. The van der Waals surface area contributed by atoms with Gasteiger partial charge in [0.1, 0.15) is 5.78 Å². The molecule has 0 heterocycles. The summed E-state index contributed by atoms with van der Waals surface area (Å²) in [7, 11) is 1.74. The Kier molecular flexibility index (Phi) is 6.25. The zero-order chi connectivity index (χ0) is 21.4. The third-order valence-electron chi connectivity index (χ3n) is 6.05. The molecule has 0 N–H and O–H groups in total. The van der Waals surface area contributed by atoms with Crippen molar-refractivity contribution in [1.82, 2.24) is 0 Å². The van der Waals surface area contributed by atoms with E-state index in [0.717, 1.165) is 22.3 Å². The Hall–Kier alpha value is -1.93. The van der Waals surface area contributed by atoms with E-state index in [2.05, 4.69) is 85.7 Å². The SMILES string of the molecule is COC(C)(C)c1cc(C(C)(C)C)cc(C(C(C)=O)c2ccc(C)c(C)c2)c1C. The molecular weight excluding hydrogens is 344 g/mol. The molecule has 0 radical (unpaired) electrons. The number of ether oxygens (including phenoxy) is 1. The van der Waals surface area contributed by atoms with E-state index in [1.807, 2.05) is 0 Å². The normalized spacial score (nSPS) is 13.5. The van der Waals surface area contributed by atoms with E-state index in [4.69, 9.17) is 4.74 Å². The molecule has 0 bridgehead atoms. The van der Waals surface area contributed by atoms with E-state index < -0.39 is 5.60 Å². The lowest BCUT2D eigenvalue weighted by Crippen LogP contribution is -2.25. The summed E-state index contributed by atoms with van der Waals surface area (Å²) in [4.78, 5) is 12.9. The second kappa shape index (κ2) is 7.83. The molecule has 1 unspecified atom stereocenters. The average Bonchev–Trinajstić information content (AvgIpc) is 2.58. The largest absolute Gasteiger partial charge is 0.374 e. The quantitative estimate of drug-likeness (QED) is 0.591. The molecule has 2 rings (SSSR count). The fraction of sp³-hybridized carbons (Fsp3) is 0.500. The first-order chi connectivity index (χ1) is 12.8. The third kappa shape index (κ3) is 4.38. The van der Waals surface area contributed by atoms with E-state index >= 15 is 0 Å². The van der Waals surface area contributed by atoms with Crippen LogP contribution >= 0.6 is 0 Å². The van der Waals surface area contributed by atoms with Crippen LogP contribution in [0.5, 0.6) is 0 Å². The molecule has 0 fully saturated rings. The summed E-state index contributed by atoms with van der Waals surface area (Å²) >= 11 is 0. The van der Waals surface area contributed by atoms with E-state index in [1.165, 1.54) is 16.7 Å². The minimum atomic E-state index is -0.426. The number of hydrogen-bond donors (Lipinski definition) is 0. The molecule has 2 aromatic carbocycles. The summed E-state index contributed by atoms with van der Waals surface area (Å²) in [6.07, 6.45) is 0. The van der Waals surface area contributed by atoms with Gasteiger partial charge in [-0.15, -0.1) is 0 Å². The molecule has 1 atom stereocenters. The van der Waals surface area contributed by atoms with Crippen molar-refractivity contribution in [2.24, 2.45) is 0 Å². The lowest BCUT2D eigenvalue weighted by molar-refractivity contribution is -0.117. The van der Waals surface area contributed by atoms with Gasteiger partial charge in [-0.25, -0.2) is 0 Å². The highest BCUT2D eigenvalue weighted by Gasteiger charge is 2.30. The summed E-state index contributed by atoms with van der Waals surface area (Å²) in [6.45, 7) is 18.8. The number of rotatable bonds is 5. The summed E-state index contributed by atoms with van der Waals surface area (Å²) < 4.78 is 5.82. The predicted octanol–water partition coefficient (Wildman–Crippen LogP) is 6.51. The summed E-state index contributed by atoms with van der Waals surface area (Å²) in [5.41, 5.74) is 7.66. The predicted molar refractivity (Wildman–Crippen MR) is 118 cm³/mol. The van der Waals surface area contributed by atoms with Crippen LogP contribution < -0.4 is 0 Å². The Labute approximate surface area is 171 Å². The molecule has 2 nitrogen and oxygen atoms in total. The monoisotopic (exact) mass is 380 g/mol. The molecule has 0 aliphatic heterocycles. The van der Waals surface area contributed by atoms with Crippen molar-refractivity contribution in [1.29, 1.82) is 0 Å². The van der Waals surface area contributed by atoms with Gasteiger partial charge < -0.3 is 4.74 Å². The molecule has 0 aliphatic rings. The Morgan fingerprint density at radius 1 is 0.929 bits per heavy atom. The number of benzene rings is 2. The third-order valence-corrected chi connectivity index (χ3v) is 6.05. The number of carbonyl (C=O) groups excluding carboxylic acids is 1. The highest BCUT2D eigenvalue weighted by Crippen LogP contribution is 2.39. The topological polar surface area (TPSA) is 26.3 Å². The van der Waals surface area contributed by atoms with Crippen LogP contribution in [0.3, 0.4) is 0 Å². The van der Waals surface area contributed by atoms with Crippen LogP contribution in [0.4, 0.5) is 0 Å². The van der Waals surface area contributed by atoms with Gasteiger partial charge in [-0.1, -0.05) is 51.1 Å². The van der Waals surface area contributed by atoms with E-state index in [-0.39, 0.29) is 17.1 Å². The maximum Gasteiger partial charge on any atom is 0.141 e. The van der Waals surface area contributed by atoms with Crippen LogP contribution in [0, 0.1) is 20.8 Å². The fourth-order valence-electron chi connectivity index (χ4n) is 3.78. The maximum absolute atomic E-state index is 12.9. The van der Waals surface area contributed by atoms with Gasteiger partial charge in [0.2, 0.25) is 0 Å². The van der Waals surface area contributed by atoms with Gasteiger partial charge in [0.15, 0.2) is 0 Å². The average molecular weight is 381 g/mol. The van der Waals surface area contributed by atoms with Gasteiger partial charge >= 0.3 is 0 Å². The molecule has 0 spiro atoms. The van der Waals surface area contributed by atoms with Crippen LogP contribution in [-0.2, 0) is 20.5 Å². The molecule has 28 heavy (non-hydrogen) atoms. The first-order valence-electron chi connectivity index (χ1n) is 10.1. The van der Waals surface area contributed by atoms with Gasteiger partial charge in [-0.3, -0.25) is 4.79 Å². The number of methoxy groups -OCH3 is 1. The molecular formula is C26H36O2. The Morgan fingerprint density at radius 2 is 1.54 bits per heavy atom. The molecule has 2 heteroatoms. The zero-order valence-electron chi connectivity index (χ0n) is 19.3. The number of ketones is 1. The lowest BCUT2D eigenvalue weighted by atomic mass is 9.76. The summed E-state index contributed by atoms with van der Waals surface area (Å²) in [5.74, 6) is -0.105. The number of aryl methyl sites for hydroxylation is 2. The molecule has 0 aliphatic carbocycles. The van der Waals surface area contributed by atoms with Crippen molar-refractivity contribution >= 4 is 5.78 Å². The van der Waals surface area contributed by atoms with Crippen LogP contribution in [-0.4, -0.2) is 12.9 Å². The Bertz CT molecular complexity index is 882. The van der Waals surface area contributed by atoms with Crippen LogP contribution in [0.25, 0.3) is 0 Å². The van der Waals surface area contributed by atoms with E-state index in [0.29, 0.717) is 0 Å². The summed E-state index contributed by atoms with van der Waals surface area (Å²) in [5, 5.41) is 0. The summed E-state index contributed by atoms with van der Waals surface area (Å²) in [6, 6.07) is 10.8. The number of hydrogen-bond acceptors (Lipinski definition) is 2. The molecule has 0 amide bonds. The van der Waals surface area contributed by atoms with Crippen LogP contribution in [0.1, 0.15) is 86.4 Å². The first kappa shape index (κ1) is 22.4. The fourth-order valence-corrected chi connectivity index (χ4v) is 3.78. The van der Waals surface area contributed by atoms with Gasteiger partial charge in [-0.05, 0) is 85.9 Å². The van der Waals surface area contributed by atoms with Gasteiger partial charge in [-0.2, -0.15) is 0 Å². The Balaban J connectivity index is 2.84. The van der Waals surface area contributed by atoms with Gasteiger partial charge in [0.05, 0.1) is 11.5 Å². The van der Waals surface area contributed by atoms with Gasteiger partial charge in [0, 0.05) is 7.11 Å². The number of Topliss-reactive ketones (excluding diaryl/α,β-unsaturated/α-hetero) is 1. The van der Waals surface area contributed by atoms with Crippen molar-refractivity contribution in [3.8, 4) is 0 Å². The minimum Gasteiger partial charge on any atom is -0.374 e. The second-order valence-corrected chi connectivity index (χ2v) is 9.59. The van der Waals surface area contributed by atoms with E-state index in [1.54, 1.807) is 14.0 Å². The smallest absolute Gasteiger partial charge is 0.141 e. The first-order valence-corrected chi connectivity index (χ1v) is 10.1. The van der Waals surface area contributed by atoms with Crippen molar-refractivity contribution in [3.05, 3.63) is 69.3 Å². The Morgan fingerprint density at radius 3 is 2.00 bits per heavy atom. The second-order valence-electron chi connectivity index (χ2n) is 9.59. The highest BCUT2D eigenvalue weighted by atomic mass is 16.5. The van der Waals surface area contributed by atoms with Crippen molar-refractivity contribution in [3.63, 3.8) is 0 Å². The van der Waals surface area contributed by atoms with Crippen LogP contribution in [0.15, 0.2) is 30.3 Å². The molecule has 0 aromatic heterocycles. The van der Waals surface area contributed by atoms with E-state index in [9.17, 15) is 4.79 Å². The van der Waals surface area contributed by atoms with Crippen LogP contribution in [0.2, 0.25) is 0 Å². The van der Waals surface area contributed by atoms with Crippen molar-refractivity contribution in [2.45, 2.75) is 79.2 Å². The van der Waals surface area contributed by atoms with Gasteiger partial charge in [0.25, 0.3) is 0 Å². The highest BCUT2D eigenvalue weighted by molar-refractivity contribution is 5.87. The molecule has 0 saturated heterocycles. The molecule has 2 aromatic rings. The standard InChI is InChI=1S/C26H36O2/c1-16-11-12-20(13-17(16)2)24(19(4)27)22-14-21(25(5,6)7)15-23(18(22)3)26(8,9)28-10/h11-15,24H,1-10H3. The zero-order valence-corrected chi connectivity index (χ0v) is 19.3. The van der Waals surface area contributed by atoms with Crippen molar-refractivity contribution < 1.29 is 9.53 Å².